The van der Waals surface area contributed by atoms with Gasteiger partial charge in [0.1, 0.15) is 5.60 Å². The van der Waals surface area contributed by atoms with Crippen molar-refractivity contribution in [2.75, 3.05) is 6.61 Å². The van der Waals surface area contributed by atoms with Crippen LogP contribution in [0, 0.1) is 0 Å². The van der Waals surface area contributed by atoms with E-state index in [2.05, 4.69) is 5.32 Å². The molecule has 1 N–H and O–H groups in total. The fraction of sp³-hybridized carbons (Fsp3) is 0.692. The molecular weight excluding hydrogens is 234 g/mol. The van der Waals surface area contributed by atoms with Gasteiger partial charge in [0.25, 0.3) is 0 Å². The van der Waals surface area contributed by atoms with Gasteiger partial charge in [0.2, 0.25) is 5.78 Å². The molecule has 0 saturated heterocycles. The van der Waals surface area contributed by atoms with Gasteiger partial charge in [0, 0.05) is 6.42 Å². The van der Waals surface area contributed by atoms with Crippen molar-refractivity contribution in [1.82, 2.24) is 5.32 Å². The molecule has 1 aliphatic rings. The largest absolute Gasteiger partial charge is 0.490 e. The van der Waals surface area contributed by atoms with Crippen molar-refractivity contribution in [3.63, 3.8) is 0 Å². The molecule has 1 amide bonds. The van der Waals surface area contributed by atoms with Gasteiger partial charge >= 0.3 is 6.09 Å². The summed E-state index contributed by atoms with van der Waals surface area (Å²) in [6, 6.07) is -0.593. The van der Waals surface area contributed by atoms with Crippen molar-refractivity contribution in [2.24, 2.45) is 0 Å². The fourth-order valence-electron chi connectivity index (χ4n) is 1.56. The van der Waals surface area contributed by atoms with Crippen molar-refractivity contribution < 1.29 is 19.1 Å². The van der Waals surface area contributed by atoms with Crippen LogP contribution in [0.25, 0.3) is 0 Å². The summed E-state index contributed by atoms with van der Waals surface area (Å²) < 4.78 is 10.3. The van der Waals surface area contributed by atoms with Gasteiger partial charge in [-0.1, -0.05) is 6.92 Å². The number of hydrogen-bond acceptors (Lipinski definition) is 4. The third kappa shape index (κ3) is 4.39. The summed E-state index contributed by atoms with van der Waals surface area (Å²) in [5.41, 5.74) is -0.575. The zero-order chi connectivity index (χ0) is 13.8. The number of ketones is 1. The van der Waals surface area contributed by atoms with Crippen molar-refractivity contribution in [1.29, 1.82) is 0 Å². The normalized spacial score (nSPS) is 16.6. The molecular formula is C13H21NO4. The second-order valence-electron chi connectivity index (χ2n) is 5.18. The molecule has 0 aromatic heterocycles. The van der Waals surface area contributed by atoms with E-state index in [1.54, 1.807) is 26.8 Å². The minimum atomic E-state index is -0.593. The minimum absolute atomic E-state index is 0.194. The molecule has 1 aliphatic heterocycles. The monoisotopic (exact) mass is 255 g/mol. The quantitative estimate of drug-likeness (QED) is 0.836. The Balaban J connectivity index is 2.56. The summed E-state index contributed by atoms with van der Waals surface area (Å²) in [6.45, 7) is 7.69. The third-order valence-corrected chi connectivity index (χ3v) is 2.36. The van der Waals surface area contributed by atoms with E-state index in [0.29, 0.717) is 18.8 Å². The van der Waals surface area contributed by atoms with E-state index < -0.39 is 17.7 Å². The predicted octanol–water partition coefficient (Wildman–Crippen LogP) is 2.16. The molecule has 1 atom stereocenters. The van der Waals surface area contributed by atoms with Gasteiger partial charge in [0.15, 0.2) is 5.76 Å². The summed E-state index contributed by atoms with van der Waals surface area (Å²) in [7, 11) is 0. The van der Waals surface area contributed by atoms with E-state index in [9.17, 15) is 9.59 Å². The molecule has 0 spiro atoms. The Kier molecular flexibility index (Phi) is 4.76. The van der Waals surface area contributed by atoms with E-state index >= 15 is 0 Å². The Morgan fingerprint density at radius 2 is 2.17 bits per heavy atom. The van der Waals surface area contributed by atoms with Crippen molar-refractivity contribution >= 4 is 11.9 Å². The van der Waals surface area contributed by atoms with E-state index in [1.165, 1.54) is 0 Å². The minimum Gasteiger partial charge on any atom is -0.490 e. The van der Waals surface area contributed by atoms with Crippen LogP contribution in [0.2, 0.25) is 0 Å². The number of rotatable bonds is 4. The van der Waals surface area contributed by atoms with Gasteiger partial charge in [-0.15, -0.1) is 0 Å². The van der Waals surface area contributed by atoms with E-state index in [-0.39, 0.29) is 5.78 Å². The first-order chi connectivity index (χ1) is 8.33. The van der Waals surface area contributed by atoms with Crippen LogP contribution in [0.4, 0.5) is 4.79 Å². The average molecular weight is 255 g/mol. The van der Waals surface area contributed by atoms with Crippen LogP contribution in [-0.4, -0.2) is 30.1 Å². The fourth-order valence-corrected chi connectivity index (χ4v) is 1.56. The van der Waals surface area contributed by atoms with E-state index in [1.807, 2.05) is 6.92 Å². The third-order valence-electron chi connectivity index (χ3n) is 2.36. The standard InChI is InChI=1S/C13H21NO4/c1-5-9(11(15)10-7-6-8-17-10)14-12(16)18-13(2,3)4/h7,9H,5-6,8H2,1-4H3,(H,14,16). The maximum absolute atomic E-state index is 12.0. The number of carbonyl (C=O) groups excluding carboxylic acids is 2. The number of ether oxygens (including phenoxy) is 2. The first-order valence-electron chi connectivity index (χ1n) is 6.20. The molecule has 0 aromatic carbocycles. The first kappa shape index (κ1) is 14.5. The average Bonchev–Trinajstić information content (AvgIpc) is 2.75. The lowest BCUT2D eigenvalue weighted by molar-refractivity contribution is -0.120. The molecule has 1 heterocycles. The number of hydrogen-bond donors (Lipinski definition) is 1. The molecule has 1 rings (SSSR count). The smallest absolute Gasteiger partial charge is 0.408 e. The van der Waals surface area contributed by atoms with Gasteiger partial charge in [-0.05, 0) is 33.3 Å². The zero-order valence-electron chi connectivity index (χ0n) is 11.4. The highest BCUT2D eigenvalue weighted by Crippen LogP contribution is 2.14. The van der Waals surface area contributed by atoms with Crippen molar-refractivity contribution in [2.45, 2.75) is 52.2 Å². The lowest BCUT2D eigenvalue weighted by Crippen LogP contribution is -2.43. The Hall–Kier alpha value is -1.52. The van der Waals surface area contributed by atoms with Crippen LogP contribution in [0.3, 0.4) is 0 Å². The highest BCUT2D eigenvalue weighted by molar-refractivity contribution is 5.99. The summed E-state index contributed by atoms with van der Waals surface area (Å²) in [4.78, 5) is 23.6. The van der Waals surface area contributed by atoms with Crippen molar-refractivity contribution in [3.05, 3.63) is 11.8 Å². The maximum Gasteiger partial charge on any atom is 0.408 e. The van der Waals surface area contributed by atoms with Crippen LogP contribution >= 0.6 is 0 Å². The molecule has 1 unspecified atom stereocenters. The number of carbonyl (C=O) groups is 2. The highest BCUT2D eigenvalue weighted by atomic mass is 16.6. The van der Waals surface area contributed by atoms with Crippen LogP contribution in [0.1, 0.15) is 40.5 Å². The molecule has 0 fully saturated rings. The van der Waals surface area contributed by atoms with Gasteiger partial charge in [-0.2, -0.15) is 0 Å². The van der Waals surface area contributed by atoms with Gasteiger partial charge in [0.05, 0.1) is 12.6 Å². The summed E-state index contributed by atoms with van der Waals surface area (Å²) >= 11 is 0. The molecule has 0 bridgehead atoms. The van der Waals surface area contributed by atoms with Gasteiger partial charge < -0.3 is 14.8 Å². The molecule has 0 aromatic rings. The number of amides is 1. The number of nitrogens with one attached hydrogen (secondary N) is 1. The van der Waals surface area contributed by atoms with Crippen LogP contribution < -0.4 is 5.32 Å². The van der Waals surface area contributed by atoms with Gasteiger partial charge in [-0.3, -0.25) is 4.79 Å². The molecule has 0 saturated carbocycles. The Labute approximate surface area is 108 Å². The summed E-state index contributed by atoms with van der Waals surface area (Å²) in [6.07, 6.45) is 2.41. The van der Waals surface area contributed by atoms with Crippen molar-refractivity contribution in [3.8, 4) is 0 Å². The topological polar surface area (TPSA) is 64.6 Å². The maximum atomic E-state index is 12.0. The number of Topliss-reactive ketones (excluding diaryl/α,β-unsaturated/α-hetero) is 1. The SMILES string of the molecule is CCC(NC(=O)OC(C)(C)C)C(=O)C1=CCCO1. The molecule has 5 nitrogen and oxygen atoms in total. The molecule has 5 heteroatoms. The predicted molar refractivity (Wildman–Crippen MR) is 67.1 cm³/mol. The lowest BCUT2D eigenvalue weighted by Gasteiger charge is -2.22. The Morgan fingerprint density at radius 3 is 2.61 bits per heavy atom. The van der Waals surface area contributed by atoms with Crippen LogP contribution in [0.5, 0.6) is 0 Å². The molecule has 0 radical (unpaired) electrons. The van der Waals surface area contributed by atoms with Crippen LogP contribution in [0.15, 0.2) is 11.8 Å². The lowest BCUT2D eigenvalue weighted by atomic mass is 10.1. The van der Waals surface area contributed by atoms with Crippen LogP contribution in [-0.2, 0) is 14.3 Å². The molecule has 102 valence electrons. The number of alkyl carbamates (subject to hydrolysis) is 1. The molecule has 0 aliphatic carbocycles. The second-order valence-corrected chi connectivity index (χ2v) is 5.18. The van der Waals surface area contributed by atoms with E-state index in [4.69, 9.17) is 9.47 Å². The highest BCUT2D eigenvalue weighted by Gasteiger charge is 2.27. The first-order valence-corrected chi connectivity index (χ1v) is 6.20. The zero-order valence-corrected chi connectivity index (χ0v) is 11.4. The summed E-state index contributed by atoms with van der Waals surface area (Å²) in [5, 5.41) is 2.57. The van der Waals surface area contributed by atoms with Gasteiger partial charge in [-0.25, -0.2) is 4.79 Å². The van der Waals surface area contributed by atoms with E-state index in [0.717, 1.165) is 6.42 Å². The molecule has 18 heavy (non-hydrogen) atoms. The Bertz CT molecular complexity index is 354. The second kappa shape index (κ2) is 5.89. The summed E-state index contributed by atoms with van der Waals surface area (Å²) in [5.74, 6) is 0.152. The Morgan fingerprint density at radius 1 is 1.50 bits per heavy atom.